The van der Waals surface area contributed by atoms with Crippen LogP contribution in [0.3, 0.4) is 0 Å². The van der Waals surface area contributed by atoms with E-state index < -0.39 is 23.7 Å². The van der Waals surface area contributed by atoms with Crippen LogP contribution in [0.2, 0.25) is 0 Å². The summed E-state index contributed by atoms with van der Waals surface area (Å²) in [6.45, 7) is 1.74. The number of benzene rings is 2. The maximum atomic E-state index is 14.5. The molecule has 47 heavy (non-hydrogen) atoms. The van der Waals surface area contributed by atoms with Crippen molar-refractivity contribution in [1.29, 1.82) is 0 Å². The fourth-order valence-corrected chi connectivity index (χ4v) is 6.61. The minimum atomic E-state index is -4.64. The Kier molecular flexibility index (Phi) is 7.38. The number of hydrogen-bond acceptors (Lipinski definition) is 6. The van der Waals surface area contributed by atoms with Crippen molar-refractivity contribution in [3.63, 3.8) is 0 Å². The van der Waals surface area contributed by atoms with Gasteiger partial charge in [-0.05, 0) is 37.1 Å². The number of aryl methyl sites for hydroxylation is 2. The van der Waals surface area contributed by atoms with Crippen molar-refractivity contribution in [2.24, 2.45) is 14.1 Å². The largest absolute Gasteiger partial charge is 0.417 e. The van der Waals surface area contributed by atoms with Crippen LogP contribution in [0.5, 0.6) is 0 Å². The van der Waals surface area contributed by atoms with Crippen molar-refractivity contribution in [2.45, 2.75) is 38.5 Å². The van der Waals surface area contributed by atoms with Gasteiger partial charge in [-0.25, -0.2) is 9.08 Å². The van der Waals surface area contributed by atoms with E-state index in [2.05, 4.69) is 26.1 Å². The summed E-state index contributed by atoms with van der Waals surface area (Å²) in [6, 6.07) is 14.4. The smallest absolute Gasteiger partial charge is 0.330 e. The second kappa shape index (κ2) is 11.3. The Hall–Kier alpha value is -5.05. The number of amides is 1. The zero-order valence-electron chi connectivity index (χ0n) is 25.4. The highest BCUT2D eigenvalue weighted by molar-refractivity contribution is 9.10. The predicted octanol–water partition coefficient (Wildman–Crippen LogP) is 4.97. The van der Waals surface area contributed by atoms with Crippen molar-refractivity contribution in [2.75, 3.05) is 0 Å². The predicted molar refractivity (Wildman–Crippen MR) is 169 cm³/mol. The molecular weight excluding hydrogens is 679 g/mol. The first-order valence-electron chi connectivity index (χ1n) is 14.7. The number of fused-ring (bicyclic) bond motifs is 3. The fraction of sp³-hybridized carbons (Fsp3) is 0.250. The summed E-state index contributed by atoms with van der Waals surface area (Å²) in [7, 11) is 3.57. The molecule has 0 unspecified atom stereocenters. The molecule has 1 amide bonds. The summed E-state index contributed by atoms with van der Waals surface area (Å²) < 4.78 is 47.4. The summed E-state index contributed by atoms with van der Waals surface area (Å²) in [4.78, 5) is 29.7. The monoisotopic (exact) mass is 705 g/mol. The highest BCUT2D eigenvalue weighted by Gasteiger charge is 2.37. The van der Waals surface area contributed by atoms with Gasteiger partial charge in [-0.2, -0.15) is 23.4 Å². The number of carbonyl (C=O) groups is 1. The lowest BCUT2D eigenvalue weighted by molar-refractivity contribution is -0.138. The lowest BCUT2D eigenvalue weighted by Gasteiger charge is -2.35. The lowest BCUT2D eigenvalue weighted by atomic mass is 9.98. The number of halogens is 4. The topological polar surface area (TPSA) is 108 Å². The van der Waals surface area contributed by atoms with Crippen molar-refractivity contribution in [1.82, 2.24) is 43.6 Å². The summed E-state index contributed by atoms with van der Waals surface area (Å²) in [5.41, 5.74) is 2.46. The summed E-state index contributed by atoms with van der Waals surface area (Å²) in [5, 5.41) is 17.6. The standard InChI is InChI=1S/C32H27BrF3N9O2/c1-18-11-22-26(16-43(18)30(46)20-9-10-24(33)23(13-20)32(34,35)36)45-29(21(15-38-45)12-19-7-5-4-6-8-19)44(31(22)47)27-14-25(42(3)40-27)28-39-37-17-41(28)2/h4-10,13-15,17-18H,11-12,16H2,1-3H3/t18-/m0/s1. The summed E-state index contributed by atoms with van der Waals surface area (Å²) >= 11 is 2.94. The molecule has 7 rings (SSSR count). The van der Waals surface area contributed by atoms with Crippen LogP contribution in [0.1, 0.15) is 45.2 Å². The first-order valence-corrected chi connectivity index (χ1v) is 15.5. The van der Waals surface area contributed by atoms with E-state index in [1.807, 2.05) is 37.4 Å². The molecule has 0 fully saturated rings. The molecule has 4 aromatic heterocycles. The number of carbonyl (C=O) groups excluding carboxylic acids is 1. The van der Waals surface area contributed by atoms with Crippen LogP contribution in [0.4, 0.5) is 13.2 Å². The van der Waals surface area contributed by atoms with Crippen LogP contribution in [-0.4, -0.2) is 55.6 Å². The highest BCUT2D eigenvalue weighted by atomic mass is 79.9. The molecule has 0 radical (unpaired) electrons. The lowest BCUT2D eigenvalue weighted by Crippen LogP contribution is -2.46. The van der Waals surface area contributed by atoms with E-state index in [-0.39, 0.29) is 28.6 Å². The third kappa shape index (κ3) is 5.23. The molecule has 0 saturated carbocycles. The Balaban J connectivity index is 1.38. The minimum absolute atomic E-state index is 0.0296. The second-order valence-corrected chi connectivity index (χ2v) is 12.4. The van der Waals surface area contributed by atoms with Gasteiger partial charge in [-0.1, -0.05) is 46.3 Å². The van der Waals surface area contributed by atoms with Crippen LogP contribution < -0.4 is 5.56 Å². The zero-order chi connectivity index (χ0) is 33.2. The van der Waals surface area contributed by atoms with Gasteiger partial charge in [0.25, 0.3) is 11.5 Å². The molecule has 0 N–H and O–H groups in total. The van der Waals surface area contributed by atoms with E-state index in [0.717, 1.165) is 17.2 Å². The average Bonchev–Trinajstić information content (AvgIpc) is 3.75. The van der Waals surface area contributed by atoms with Gasteiger partial charge in [0.05, 0.1) is 24.0 Å². The van der Waals surface area contributed by atoms with Gasteiger partial charge in [-0.3, -0.25) is 14.3 Å². The molecule has 15 heteroatoms. The first-order chi connectivity index (χ1) is 22.4. The first kappa shape index (κ1) is 30.6. The van der Waals surface area contributed by atoms with Crippen molar-refractivity contribution in [3.05, 3.63) is 115 Å². The Morgan fingerprint density at radius 3 is 2.55 bits per heavy atom. The van der Waals surface area contributed by atoms with E-state index >= 15 is 0 Å². The SMILES string of the molecule is C[C@H]1Cc2c(n3ncc(Cc4ccccc4)c3n(-c3cc(-c4nncn4C)n(C)n3)c2=O)CN1C(=O)c1ccc(Br)c(C(F)(F)F)c1. The van der Waals surface area contributed by atoms with Crippen LogP contribution in [0.15, 0.2) is 76.4 Å². The molecule has 0 spiro atoms. The van der Waals surface area contributed by atoms with Crippen LogP contribution >= 0.6 is 15.9 Å². The Morgan fingerprint density at radius 1 is 1.09 bits per heavy atom. The molecule has 0 bridgehead atoms. The third-order valence-corrected chi connectivity index (χ3v) is 9.19. The maximum absolute atomic E-state index is 14.5. The van der Waals surface area contributed by atoms with E-state index in [0.29, 0.717) is 40.7 Å². The molecule has 0 saturated heterocycles. The summed E-state index contributed by atoms with van der Waals surface area (Å²) in [5.74, 6) is 0.350. The quantitative estimate of drug-likeness (QED) is 0.251. The normalized spacial score (nSPS) is 15.0. The molecular formula is C32H27BrF3N9O2. The van der Waals surface area contributed by atoms with E-state index in [1.54, 1.807) is 50.9 Å². The van der Waals surface area contributed by atoms with Gasteiger partial charge in [0.1, 0.15) is 17.7 Å². The van der Waals surface area contributed by atoms with Gasteiger partial charge >= 0.3 is 6.18 Å². The third-order valence-electron chi connectivity index (χ3n) is 8.50. The molecule has 1 aliphatic rings. The number of alkyl halides is 3. The molecule has 11 nitrogen and oxygen atoms in total. The van der Waals surface area contributed by atoms with Gasteiger partial charge in [-0.15, -0.1) is 10.2 Å². The number of nitrogens with zero attached hydrogens (tertiary/aromatic N) is 9. The number of aromatic nitrogens is 8. The molecule has 1 aliphatic heterocycles. The fourth-order valence-electron chi connectivity index (χ4n) is 6.14. The van der Waals surface area contributed by atoms with Crippen molar-refractivity contribution < 1.29 is 18.0 Å². The van der Waals surface area contributed by atoms with Crippen LogP contribution in [0, 0.1) is 0 Å². The molecule has 2 aromatic carbocycles. The van der Waals surface area contributed by atoms with Gasteiger partial charge < -0.3 is 9.47 Å². The molecule has 1 atom stereocenters. The maximum Gasteiger partial charge on any atom is 0.417 e. The van der Waals surface area contributed by atoms with Crippen molar-refractivity contribution >= 4 is 27.5 Å². The Bertz CT molecular complexity index is 2230. The summed E-state index contributed by atoms with van der Waals surface area (Å²) in [6.07, 6.45) is -0.750. The van der Waals surface area contributed by atoms with Crippen LogP contribution in [-0.2, 0) is 39.7 Å². The Labute approximate surface area is 274 Å². The van der Waals surface area contributed by atoms with Crippen LogP contribution in [0.25, 0.3) is 23.0 Å². The Morgan fingerprint density at radius 2 is 1.85 bits per heavy atom. The van der Waals surface area contributed by atoms with E-state index in [4.69, 9.17) is 10.2 Å². The molecule has 6 aromatic rings. The van der Waals surface area contributed by atoms with E-state index in [1.165, 1.54) is 17.0 Å². The van der Waals surface area contributed by atoms with Gasteiger partial charge in [0.2, 0.25) is 0 Å². The second-order valence-electron chi connectivity index (χ2n) is 11.6. The van der Waals surface area contributed by atoms with Gasteiger partial charge in [0, 0.05) is 53.8 Å². The molecule has 240 valence electrons. The molecule has 5 heterocycles. The van der Waals surface area contributed by atoms with Crippen molar-refractivity contribution in [3.8, 4) is 17.3 Å². The number of rotatable bonds is 5. The zero-order valence-corrected chi connectivity index (χ0v) is 27.0. The minimum Gasteiger partial charge on any atom is -0.330 e. The number of hydrogen-bond donors (Lipinski definition) is 0. The van der Waals surface area contributed by atoms with Gasteiger partial charge in [0.15, 0.2) is 11.6 Å². The van der Waals surface area contributed by atoms with E-state index in [9.17, 15) is 22.8 Å². The molecule has 0 aliphatic carbocycles. The average molecular weight is 707 g/mol. The highest BCUT2D eigenvalue weighted by Crippen LogP contribution is 2.36.